The van der Waals surface area contributed by atoms with Gasteiger partial charge in [-0.15, -0.1) is 0 Å². The van der Waals surface area contributed by atoms with E-state index in [1.807, 2.05) is 0 Å². The minimum absolute atomic E-state index is 0.0828. The summed E-state index contributed by atoms with van der Waals surface area (Å²) in [6.45, 7) is 2.10. The van der Waals surface area contributed by atoms with Gasteiger partial charge < -0.3 is 0 Å². The van der Waals surface area contributed by atoms with Crippen molar-refractivity contribution in [2.45, 2.75) is 6.92 Å². The third-order valence-electron chi connectivity index (χ3n) is 0.101. The van der Waals surface area contributed by atoms with Gasteiger partial charge in [-0.25, -0.2) is 0 Å². The van der Waals surface area contributed by atoms with Gasteiger partial charge in [-0.05, 0) is 0 Å². The second kappa shape index (κ2) is 4.02. The first kappa shape index (κ1) is 5.02. The third-order valence-corrected chi connectivity index (χ3v) is 2.03. The molecule has 0 saturated carbocycles. The van der Waals surface area contributed by atoms with Gasteiger partial charge in [0.15, 0.2) is 0 Å². The fourth-order valence-corrected chi connectivity index (χ4v) is 0. The number of hydrogen-bond donors (Lipinski definition) is 0. The molecular weight excluding hydrogens is 186 g/mol. The summed E-state index contributed by atoms with van der Waals surface area (Å²) >= 11 is 0.0828. The van der Waals surface area contributed by atoms with Crippen LogP contribution in [0.4, 0.5) is 0 Å². The Bertz CT molecular complexity index is 8.00. The van der Waals surface area contributed by atoms with Crippen LogP contribution in [0.25, 0.3) is 0 Å². The zero-order valence-corrected chi connectivity index (χ0v) is 5.38. The van der Waals surface area contributed by atoms with Crippen molar-refractivity contribution in [2.75, 3.05) is 4.43 Å². The third kappa shape index (κ3) is 3.02. The van der Waals surface area contributed by atoms with Crippen LogP contribution in [0.5, 0.6) is 0 Å². The second-order valence-corrected chi connectivity index (χ2v) is 3.83. The first-order valence-corrected chi connectivity index (χ1v) is 5.37. The first-order chi connectivity index (χ1) is 1.91. The average molecular weight is 191 g/mol. The summed E-state index contributed by atoms with van der Waals surface area (Å²) in [7, 11) is 5.30. The van der Waals surface area contributed by atoms with Gasteiger partial charge in [0.1, 0.15) is 0 Å². The summed E-state index contributed by atoms with van der Waals surface area (Å²) in [5, 5.41) is 0. The number of alkyl halides is 1. The molecule has 0 fully saturated rings. The average Bonchev–Trinajstić information content (AvgIpc) is 1.37. The monoisotopic (exact) mass is 191 g/mol. The summed E-state index contributed by atoms with van der Waals surface area (Å²) in [4.78, 5) is 0. The van der Waals surface area contributed by atoms with Crippen molar-refractivity contribution < 1.29 is 20.1 Å². The van der Waals surface area contributed by atoms with Crippen LogP contribution in [0.1, 0.15) is 6.92 Å². The summed E-state index contributed by atoms with van der Waals surface area (Å²) in [5.41, 5.74) is 0. The first-order valence-electron chi connectivity index (χ1n) is 1.12. The topological polar surface area (TPSA) is 0 Å². The van der Waals surface area contributed by atoms with Gasteiger partial charge in [0.2, 0.25) is 0 Å². The van der Waals surface area contributed by atoms with Gasteiger partial charge in [0.25, 0.3) is 0 Å². The van der Waals surface area contributed by atoms with E-state index < -0.39 is 0 Å². The van der Waals surface area contributed by atoms with E-state index in [0.717, 1.165) is 0 Å². The Kier molecular flexibility index (Phi) is 5.05. The van der Waals surface area contributed by atoms with Crippen LogP contribution in [-0.2, 0) is 0 Å². The molecule has 0 radical (unpaired) electrons. The van der Waals surface area contributed by atoms with Crippen molar-refractivity contribution in [3.8, 4) is 0 Å². The molecule has 28 valence electrons. The Morgan fingerprint density at radius 2 is 2.25 bits per heavy atom. The number of halogens is 2. The Hall–Kier alpha value is 1.02. The van der Waals surface area contributed by atoms with Crippen LogP contribution >= 0.6 is 8.91 Å². The van der Waals surface area contributed by atoms with E-state index in [0.29, 0.717) is 0 Å². The summed E-state index contributed by atoms with van der Waals surface area (Å²) in [5.74, 6) is 0. The predicted molar refractivity (Wildman–Crippen MR) is 16.4 cm³/mol. The minimum atomic E-state index is 0.0828. The van der Waals surface area contributed by atoms with Crippen LogP contribution in [0.2, 0.25) is 0 Å². The summed E-state index contributed by atoms with van der Waals surface area (Å²) in [6.07, 6.45) is 0. The maximum atomic E-state index is 5.30. The Morgan fingerprint density at radius 1 is 2.00 bits per heavy atom. The van der Waals surface area contributed by atoms with Crippen molar-refractivity contribution >= 4 is 8.91 Å². The van der Waals surface area contributed by atoms with Crippen LogP contribution in [0.3, 0.4) is 0 Å². The molecule has 0 rings (SSSR count). The maximum absolute atomic E-state index is 5.30. The van der Waals surface area contributed by atoms with Crippen molar-refractivity contribution in [3.05, 3.63) is 0 Å². The standard InChI is InChI=1S/C2H5ClI/c1-2-4-3/h2H2,1H3/q-1. The van der Waals surface area contributed by atoms with E-state index in [1.165, 1.54) is 4.43 Å². The molecule has 0 aliphatic heterocycles. The van der Waals surface area contributed by atoms with E-state index >= 15 is 0 Å². The molecule has 0 amide bonds. The van der Waals surface area contributed by atoms with Crippen LogP contribution < -0.4 is 20.1 Å². The number of rotatable bonds is 1. The van der Waals surface area contributed by atoms with Crippen molar-refractivity contribution in [3.63, 3.8) is 0 Å². The Morgan fingerprint density at radius 3 is 2.25 bits per heavy atom. The second-order valence-electron chi connectivity index (χ2n) is 0.368. The molecule has 0 aliphatic rings. The van der Waals surface area contributed by atoms with E-state index in [2.05, 4.69) is 6.92 Å². The van der Waals surface area contributed by atoms with Crippen LogP contribution in [0, 0.1) is 0 Å². The van der Waals surface area contributed by atoms with Crippen LogP contribution in [0.15, 0.2) is 0 Å². The molecule has 0 aromatic heterocycles. The fourth-order valence-electron chi connectivity index (χ4n) is 0. The van der Waals surface area contributed by atoms with E-state index in [-0.39, 0.29) is 20.1 Å². The fraction of sp³-hybridized carbons (Fsp3) is 1.00. The van der Waals surface area contributed by atoms with Crippen molar-refractivity contribution in [2.24, 2.45) is 0 Å². The van der Waals surface area contributed by atoms with Gasteiger partial charge in [0.05, 0.1) is 0 Å². The Balaban J connectivity index is 1.97. The molecule has 0 unspecified atom stereocenters. The predicted octanol–water partition coefficient (Wildman–Crippen LogP) is -1.75. The van der Waals surface area contributed by atoms with E-state index in [9.17, 15) is 0 Å². The molecule has 0 nitrogen and oxygen atoms in total. The zero-order valence-electron chi connectivity index (χ0n) is 2.46. The van der Waals surface area contributed by atoms with Crippen molar-refractivity contribution in [1.29, 1.82) is 0 Å². The molecule has 0 saturated heterocycles. The van der Waals surface area contributed by atoms with Gasteiger partial charge in [-0.3, -0.25) is 0 Å². The molecule has 0 atom stereocenters. The molecule has 0 aliphatic carbocycles. The van der Waals surface area contributed by atoms with Gasteiger partial charge in [0, 0.05) is 0 Å². The zero-order chi connectivity index (χ0) is 3.41. The number of hydrogen-bond acceptors (Lipinski definition) is 0. The van der Waals surface area contributed by atoms with Crippen molar-refractivity contribution in [1.82, 2.24) is 0 Å². The molecule has 0 aromatic rings. The molecule has 0 bridgehead atoms. The molecular formula is C2H5ClI-. The SMILES string of the molecule is CC[I-]Cl. The molecule has 4 heavy (non-hydrogen) atoms. The molecule has 0 heterocycles. The molecule has 2 heteroatoms. The van der Waals surface area contributed by atoms with Gasteiger partial charge in [-0.2, -0.15) is 0 Å². The summed E-state index contributed by atoms with van der Waals surface area (Å²) < 4.78 is 1.19. The summed E-state index contributed by atoms with van der Waals surface area (Å²) in [6, 6.07) is 0. The van der Waals surface area contributed by atoms with E-state index in [4.69, 9.17) is 8.91 Å². The van der Waals surface area contributed by atoms with Crippen LogP contribution in [-0.4, -0.2) is 4.43 Å². The molecule has 0 spiro atoms. The Labute approximate surface area is 40.5 Å². The molecule has 0 aromatic carbocycles. The van der Waals surface area contributed by atoms with Gasteiger partial charge >= 0.3 is 40.3 Å². The quantitative estimate of drug-likeness (QED) is 0.341. The van der Waals surface area contributed by atoms with E-state index in [1.54, 1.807) is 0 Å². The molecule has 0 N–H and O–H groups in total. The normalized spacial score (nSPS) is 8.50. The van der Waals surface area contributed by atoms with Gasteiger partial charge in [-0.1, -0.05) is 0 Å².